The Kier molecular flexibility index (Phi) is 4.14. The van der Waals surface area contributed by atoms with Gasteiger partial charge in [0, 0.05) is 0 Å². The van der Waals surface area contributed by atoms with Gasteiger partial charge < -0.3 is 5.11 Å². The highest BCUT2D eigenvalue weighted by atomic mass is 19.1. The maximum Gasteiger partial charge on any atom is 0.330 e. The number of hydrogen-bond acceptors (Lipinski definition) is 3. The van der Waals surface area contributed by atoms with Crippen molar-refractivity contribution in [2.45, 2.75) is 38.1 Å². The first-order chi connectivity index (χ1) is 9.05. The monoisotopic (exact) mass is 266 g/mol. The van der Waals surface area contributed by atoms with Crippen molar-refractivity contribution in [1.29, 1.82) is 0 Å². The Morgan fingerprint density at radius 2 is 1.95 bits per heavy atom. The molecule has 0 aliphatic carbocycles. The summed E-state index contributed by atoms with van der Waals surface area (Å²) < 4.78 is 13.0. The SMILES string of the molecule is CC(C(=O)O)(c1ccc(F)cn1)N1CCCCCC1. The van der Waals surface area contributed by atoms with Crippen LogP contribution in [-0.4, -0.2) is 34.0 Å². The lowest BCUT2D eigenvalue weighted by Gasteiger charge is -2.36. The minimum absolute atomic E-state index is 0.392. The molecule has 1 aliphatic heterocycles. The van der Waals surface area contributed by atoms with Crippen molar-refractivity contribution in [3.8, 4) is 0 Å². The van der Waals surface area contributed by atoms with E-state index in [0.29, 0.717) is 5.69 Å². The molecule has 4 nitrogen and oxygen atoms in total. The summed E-state index contributed by atoms with van der Waals surface area (Å²) >= 11 is 0. The molecule has 0 aromatic carbocycles. The number of nitrogens with zero attached hydrogens (tertiary/aromatic N) is 2. The second kappa shape index (κ2) is 5.65. The zero-order valence-corrected chi connectivity index (χ0v) is 11.1. The van der Waals surface area contributed by atoms with Crippen molar-refractivity contribution in [2.24, 2.45) is 0 Å². The Balaban J connectivity index is 2.35. The Morgan fingerprint density at radius 3 is 2.42 bits per heavy atom. The fourth-order valence-electron chi connectivity index (χ4n) is 2.59. The first-order valence-electron chi connectivity index (χ1n) is 6.65. The van der Waals surface area contributed by atoms with Crippen molar-refractivity contribution >= 4 is 5.97 Å². The fourth-order valence-corrected chi connectivity index (χ4v) is 2.59. The highest BCUT2D eigenvalue weighted by Crippen LogP contribution is 2.29. The van der Waals surface area contributed by atoms with E-state index >= 15 is 0 Å². The fraction of sp³-hybridized carbons (Fsp3) is 0.571. The van der Waals surface area contributed by atoms with Gasteiger partial charge in [0.05, 0.1) is 11.9 Å². The van der Waals surface area contributed by atoms with Crippen molar-refractivity contribution in [1.82, 2.24) is 9.88 Å². The van der Waals surface area contributed by atoms with Crippen LogP contribution >= 0.6 is 0 Å². The Bertz CT molecular complexity index is 441. The van der Waals surface area contributed by atoms with E-state index in [0.717, 1.165) is 45.0 Å². The molecule has 0 radical (unpaired) electrons. The van der Waals surface area contributed by atoms with Gasteiger partial charge in [-0.2, -0.15) is 0 Å². The van der Waals surface area contributed by atoms with Crippen LogP contribution in [0.15, 0.2) is 18.3 Å². The zero-order valence-electron chi connectivity index (χ0n) is 11.1. The molecule has 1 aromatic rings. The summed E-state index contributed by atoms with van der Waals surface area (Å²) in [5.74, 6) is -1.39. The van der Waals surface area contributed by atoms with E-state index < -0.39 is 17.3 Å². The van der Waals surface area contributed by atoms with Crippen molar-refractivity contribution in [3.05, 3.63) is 29.8 Å². The van der Waals surface area contributed by atoms with Gasteiger partial charge in [0.25, 0.3) is 0 Å². The summed E-state index contributed by atoms with van der Waals surface area (Å²) in [7, 11) is 0. The number of pyridine rings is 1. The maximum atomic E-state index is 13.0. The summed E-state index contributed by atoms with van der Waals surface area (Å²) in [6, 6.07) is 2.73. The minimum atomic E-state index is -1.18. The van der Waals surface area contributed by atoms with Crippen LogP contribution < -0.4 is 0 Å². The molecule has 1 N–H and O–H groups in total. The maximum absolute atomic E-state index is 13.0. The number of carboxylic acid groups (broad SMARTS) is 1. The standard InChI is InChI=1S/C14H19FN2O2/c1-14(13(18)19,12-7-6-11(15)10-16-12)17-8-4-2-3-5-9-17/h6-7,10H,2-5,8-9H2,1H3,(H,18,19). The van der Waals surface area contributed by atoms with Gasteiger partial charge in [-0.25, -0.2) is 9.18 Å². The number of hydrogen-bond donors (Lipinski definition) is 1. The van der Waals surface area contributed by atoms with Gasteiger partial charge in [0.2, 0.25) is 0 Å². The average molecular weight is 266 g/mol. The third-order valence-corrected chi connectivity index (χ3v) is 3.88. The van der Waals surface area contributed by atoms with Crippen LogP contribution in [0.2, 0.25) is 0 Å². The predicted octanol–water partition coefficient (Wildman–Crippen LogP) is 2.40. The van der Waals surface area contributed by atoms with Gasteiger partial charge in [0.15, 0.2) is 5.54 Å². The summed E-state index contributed by atoms with van der Waals surface area (Å²) in [5, 5.41) is 9.62. The number of likely N-dealkylation sites (tertiary alicyclic amines) is 1. The largest absolute Gasteiger partial charge is 0.480 e. The van der Waals surface area contributed by atoms with Crippen molar-refractivity contribution in [3.63, 3.8) is 0 Å². The zero-order chi connectivity index (χ0) is 13.9. The molecule has 0 spiro atoms. The highest BCUT2D eigenvalue weighted by Gasteiger charge is 2.42. The Morgan fingerprint density at radius 1 is 1.32 bits per heavy atom. The van der Waals surface area contributed by atoms with E-state index in [1.54, 1.807) is 6.92 Å². The lowest BCUT2D eigenvalue weighted by molar-refractivity contribution is -0.151. The topological polar surface area (TPSA) is 53.4 Å². The quantitative estimate of drug-likeness (QED) is 0.912. The minimum Gasteiger partial charge on any atom is -0.480 e. The number of carboxylic acids is 1. The number of carbonyl (C=O) groups is 1. The molecule has 0 saturated carbocycles. The number of halogens is 1. The van der Waals surface area contributed by atoms with Crippen molar-refractivity contribution < 1.29 is 14.3 Å². The Labute approximate surface area is 112 Å². The number of aromatic nitrogens is 1. The van der Waals surface area contributed by atoms with E-state index in [1.807, 2.05) is 4.90 Å². The van der Waals surface area contributed by atoms with Crippen LogP contribution in [0.1, 0.15) is 38.3 Å². The van der Waals surface area contributed by atoms with Gasteiger partial charge in [-0.1, -0.05) is 12.8 Å². The van der Waals surface area contributed by atoms with Crippen LogP contribution in [0.25, 0.3) is 0 Å². The highest BCUT2D eigenvalue weighted by molar-refractivity contribution is 5.79. The summed E-state index contributed by atoms with van der Waals surface area (Å²) in [4.78, 5) is 17.7. The van der Waals surface area contributed by atoms with Crippen LogP contribution in [0.5, 0.6) is 0 Å². The van der Waals surface area contributed by atoms with Crippen LogP contribution in [-0.2, 0) is 10.3 Å². The lowest BCUT2D eigenvalue weighted by Crippen LogP contribution is -2.50. The second-order valence-corrected chi connectivity index (χ2v) is 5.14. The molecule has 5 heteroatoms. The van der Waals surface area contributed by atoms with Gasteiger partial charge >= 0.3 is 5.97 Å². The number of aliphatic carboxylic acids is 1. The molecule has 1 aliphatic rings. The average Bonchev–Trinajstić information content (AvgIpc) is 2.67. The normalized spacial score (nSPS) is 20.5. The molecule has 2 heterocycles. The van der Waals surface area contributed by atoms with E-state index in [2.05, 4.69) is 4.98 Å². The van der Waals surface area contributed by atoms with Crippen LogP contribution in [0.3, 0.4) is 0 Å². The number of rotatable bonds is 3. The summed E-state index contributed by atoms with van der Waals surface area (Å²) in [5.41, 5.74) is -0.791. The van der Waals surface area contributed by atoms with E-state index in [1.165, 1.54) is 12.1 Å². The molecular formula is C14H19FN2O2. The third-order valence-electron chi connectivity index (χ3n) is 3.88. The second-order valence-electron chi connectivity index (χ2n) is 5.14. The molecule has 1 aromatic heterocycles. The van der Waals surface area contributed by atoms with Crippen molar-refractivity contribution in [2.75, 3.05) is 13.1 Å². The molecule has 1 saturated heterocycles. The van der Waals surface area contributed by atoms with E-state index in [4.69, 9.17) is 0 Å². The smallest absolute Gasteiger partial charge is 0.330 e. The van der Waals surface area contributed by atoms with E-state index in [-0.39, 0.29) is 0 Å². The molecule has 2 rings (SSSR count). The van der Waals surface area contributed by atoms with Gasteiger partial charge in [0.1, 0.15) is 5.82 Å². The Hall–Kier alpha value is -1.49. The molecule has 1 unspecified atom stereocenters. The first-order valence-corrected chi connectivity index (χ1v) is 6.65. The molecule has 104 valence electrons. The molecule has 1 fully saturated rings. The molecule has 0 amide bonds. The predicted molar refractivity (Wildman–Crippen MR) is 69.2 cm³/mol. The molecular weight excluding hydrogens is 247 g/mol. The van der Waals surface area contributed by atoms with Crippen LogP contribution in [0, 0.1) is 5.82 Å². The van der Waals surface area contributed by atoms with Gasteiger partial charge in [-0.3, -0.25) is 9.88 Å². The van der Waals surface area contributed by atoms with Gasteiger partial charge in [-0.15, -0.1) is 0 Å². The van der Waals surface area contributed by atoms with Crippen LogP contribution in [0.4, 0.5) is 4.39 Å². The molecule has 0 bridgehead atoms. The summed E-state index contributed by atoms with van der Waals surface area (Å²) in [6.45, 7) is 3.13. The third kappa shape index (κ3) is 2.76. The van der Waals surface area contributed by atoms with E-state index in [9.17, 15) is 14.3 Å². The molecule has 1 atom stereocenters. The first kappa shape index (κ1) is 13.9. The van der Waals surface area contributed by atoms with Gasteiger partial charge in [-0.05, 0) is 45.0 Å². The molecule has 19 heavy (non-hydrogen) atoms. The summed E-state index contributed by atoms with van der Waals surface area (Å²) in [6.07, 6.45) is 5.31. The lowest BCUT2D eigenvalue weighted by atomic mass is 9.94.